The first-order chi connectivity index (χ1) is 8.26. The summed E-state index contributed by atoms with van der Waals surface area (Å²) < 4.78 is 15.2. The van der Waals surface area contributed by atoms with Gasteiger partial charge in [-0.2, -0.15) is 4.37 Å². The van der Waals surface area contributed by atoms with Crippen LogP contribution in [0.5, 0.6) is 5.75 Å². The molecule has 96 valence electrons. The number of nitrogens with zero attached hydrogens (tertiary/aromatic N) is 2. The SMILES string of the molecule is CCC1CN(c2snc(N)c2OC)CCCO1. The van der Waals surface area contributed by atoms with Gasteiger partial charge in [0.15, 0.2) is 16.6 Å². The number of methoxy groups -OCH3 is 1. The van der Waals surface area contributed by atoms with E-state index in [1.54, 1.807) is 7.11 Å². The van der Waals surface area contributed by atoms with Gasteiger partial charge in [-0.3, -0.25) is 0 Å². The standard InChI is InChI=1S/C11H19N3O2S/c1-3-8-7-14(5-4-6-16-8)11-9(15-2)10(12)13-17-11/h8H,3-7H2,1-2H3,(H2,12,13). The summed E-state index contributed by atoms with van der Waals surface area (Å²) in [6.07, 6.45) is 2.33. The quantitative estimate of drug-likeness (QED) is 0.893. The Labute approximate surface area is 106 Å². The molecular formula is C11H19N3O2S. The van der Waals surface area contributed by atoms with Crippen molar-refractivity contribution in [3.8, 4) is 5.75 Å². The lowest BCUT2D eigenvalue weighted by molar-refractivity contribution is 0.0665. The van der Waals surface area contributed by atoms with Gasteiger partial charge in [-0.25, -0.2) is 0 Å². The average molecular weight is 257 g/mol. The third kappa shape index (κ3) is 2.63. The van der Waals surface area contributed by atoms with E-state index in [0.717, 1.165) is 37.5 Å². The summed E-state index contributed by atoms with van der Waals surface area (Å²) in [6.45, 7) is 4.82. The maximum atomic E-state index is 5.78. The number of rotatable bonds is 3. The lowest BCUT2D eigenvalue weighted by Crippen LogP contribution is -2.31. The molecular weight excluding hydrogens is 238 g/mol. The molecule has 1 unspecified atom stereocenters. The number of aromatic nitrogens is 1. The molecule has 0 radical (unpaired) electrons. The topological polar surface area (TPSA) is 60.6 Å². The van der Waals surface area contributed by atoms with E-state index >= 15 is 0 Å². The molecule has 17 heavy (non-hydrogen) atoms. The first kappa shape index (κ1) is 12.4. The Balaban J connectivity index is 2.19. The molecule has 2 rings (SSSR count). The van der Waals surface area contributed by atoms with Crippen molar-refractivity contribution < 1.29 is 9.47 Å². The van der Waals surface area contributed by atoms with Gasteiger partial charge >= 0.3 is 0 Å². The monoisotopic (exact) mass is 257 g/mol. The van der Waals surface area contributed by atoms with Gasteiger partial charge in [0.05, 0.1) is 13.2 Å². The molecule has 6 heteroatoms. The van der Waals surface area contributed by atoms with Gasteiger partial charge in [-0.15, -0.1) is 0 Å². The molecule has 0 aromatic carbocycles. The van der Waals surface area contributed by atoms with Crippen LogP contribution in [0.4, 0.5) is 10.8 Å². The summed E-state index contributed by atoms with van der Waals surface area (Å²) in [4.78, 5) is 2.27. The summed E-state index contributed by atoms with van der Waals surface area (Å²) in [5.41, 5.74) is 5.78. The minimum Gasteiger partial charge on any atom is -0.490 e. The van der Waals surface area contributed by atoms with Crippen molar-refractivity contribution in [1.82, 2.24) is 4.37 Å². The number of nitrogen functional groups attached to an aromatic ring is 1. The van der Waals surface area contributed by atoms with Crippen LogP contribution in [0.2, 0.25) is 0 Å². The Morgan fingerprint density at radius 3 is 3.18 bits per heavy atom. The van der Waals surface area contributed by atoms with E-state index in [2.05, 4.69) is 16.2 Å². The molecule has 0 bridgehead atoms. The van der Waals surface area contributed by atoms with Crippen LogP contribution in [0.15, 0.2) is 0 Å². The van der Waals surface area contributed by atoms with Crippen LogP contribution in [-0.4, -0.2) is 37.3 Å². The van der Waals surface area contributed by atoms with Gasteiger partial charge < -0.3 is 20.1 Å². The predicted molar refractivity (Wildman–Crippen MR) is 69.9 cm³/mol. The highest BCUT2D eigenvalue weighted by molar-refractivity contribution is 7.11. The van der Waals surface area contributed by atoms with Crippen molar-refractivity contribution in [2.45, 2.75) is 25.9 Å². The second-order valence-electron chi connectivity index (χ2n) is 4.11. The third-order valence-corrected chi connectivity index (χ3v) is 3.86. The van der Waals surface area contributed by atoms with Crippen LogP contribution >= 0.6 is 11.5 Å². The Bertz CT molecular complexity index is 370. The molecule has 1 saturated heterocycles. The van der Waals surface area contributed by atoms with E-state index in [1.807, 2.05) is 0 Å². The Morgan fingerprint density at radius 2 is 2.47 bits per heavy atom. The zero-order valence-corrected chi connectivity index (χ0v) is 11.1. The van der Waals surface area contributed by atoms with Gasteiger partial charge in [-0.05, 0) is 24.4 Å². The van der Waals surface area contributed by atoms with E-state index < -0.39 is 0 Å². The van der Waals surface area contributed by atoms with Crippen LogP contribution in [0.3, 0.4) is 0 Å². The summed E-state index contributed by atoms with van der Waals surface area (Å²) in [5.74, 6) is 1.18. The number of anilines is 2. The van der Waals surface area contributed by atoms with Crippen LogP contribution in [0, 0.1) is 0 Å². The highest BCUT2D eigenvalue weighted by Gasteiger charge is 2.23. The highest BCUT2D eigenvalue weighted by atomic mass is 32.1. The molecule has 0 saturated carbocycles. The van der Waals surface area contributed by atoms with Crippen LogP contribution in [-0.2, 0) is 4.74 Å². The maximum Gasteiger partial charge on any atom is 0.197 e. The first-order valence-electron chi connectivity index (χ1n) is 5.92. The van der Waals surface area contributed by atoms with Crippen LogP contribution in [0.25, 0.3) is 0 Å². The van der Waals surface area contributed by atoms with E-state index in [-0.39, 0.29) is 6.10 Å². The molecule has 0 amide bonds. The Hall–Kier alpha value is -1.01. The maximum absolute atomic E-state index is 5.78. The molecule has 1 aliphatic heterocycles. The fraction of sp³-hybridized carbons (Fsp3) is 0.727. The van der Waals surface area contributed by atoms with Gasteiger partial charge in [0.2, 0.25) is 0 Å². The van der Waals surface area contributed by atoms with Crippen molar-refractivity contribution in [2.75, 3.05) is 37.4 Å². The number of nitrogens with two attached hydrogens (primary N) is 1. The van der Waals surface area contributed by atoms with E-state index in [9.17, 15) is 0 Å². The molecule has 5 nitrogen and oxygen atoms in total. The molecule has 2 N–H and O–H groups in total. The zero-order chi connectivity index (χ0) is 12.3. The predicted octanol–water partition coefficient (Wildman–Crippen LogP) is 1.74. The van der Waals surface area contributed by atoms with Gasteiger partial charge in [0, 0.05) is 19.7 Å². The van der Waals surface area contributed by atoms with Crippen molar-refractivity contribution in [2.24, 2.45) is 0 Å². The van der Waals surface area contributed by atoms with E-state index in [4.69, 9.17) is 15.2 Å². The number of hydrogen-bond acceptors (Lipinski definition) is 6. The lowest BCUT2D eigenvalue weighted by atomic mass is 10.2. The molecule has 1 aromatic heterocycles. The molecule has 2 heterocycles. The van der Waals surface area contributed by atoms with Gasteiger partial charge in [0.25, 0.3) is 0 Å². The van der Waals surface area contributed by atoms with Gasteiger partial charge in [0.1, 0.15) is 0 Å². The van der Waals surface area contributed by atoms with Crippen molar-refractivity contribution >= 4 is 22.4 Å². The van der Waals surface area contributed by atoms with Crippen molar-refractivity contribution in [1.29, 1.82) is 0 Å². The summed E-state index contributed by atoms with van der Waals surface area (Å²) >= 11 is 1.40. The Kier molecular flexibility index (Phi) is 4.06. The summed E-state index contributed by atoms with van der Waals surface area (Å²) in [6, 6.07) is 0. The highest BCUT2D eigenvalue weighted by Crippen LogP contribution is 2.38. The van der Waals surface area contributed by atoms with Crippen LogP contribution in [0.1, 0.15) is 19.8 Å². The molecule has 1 aliphatic rings. The fourth-order valence-electron chi connectivity index (χ4n) is 2.00. The minimum absolute atomic E-state index is 0.283. The second kappa shape index (κ2) is 5.55. The first-order valence-corrected chi connectivity index (χ1v) is 6.69. The summed E-state index contributed by atoms with van der Waals surface area (Å²) in [7, 11) is 1.63. The normalized spacial score (nSPS) is 21.3. The molecule has 1 fully saturated rings. The largest absolute Gasteiger partial charge is 0.490 e. The second-order valence-corrected chi connectivity index (χ2v) is 4.86. The lowest BCUT2D eigenvalue weighted by Gasteiger charge is -2.24. The molecule has 0 spiro atoms. The van der Waals surface area contributed by atoms with Crippen molar-refractivity contribution in [3.05, 3.63) is 0 Å². The summed E-state index contributed by atoms with van der Waals surface area (Å²) in [5, 5.41) is 1.02. The Morgan fingerprint density at radius 1 is 1.65 bits per heavy atom. The minimum atomic E-state index is 0.283. The van der Waals surface area contributed by atoms with Crippen LogP contribution < -0.4 is 15.4 Å². The number of hydrogen-bond donors (Lipinski definition) is 1. The zero-order valence-electron chi connectivity index (χ0n) is 10.3. The molecule has 1 atom stereocenters. The fourth-order valence-corrected chi connectivity index (χ4v) is 2.82. The van der Waals surface area contributed by atoms with Gasteiger partial charge in [-0.1, -0.05) is 6.92 Å². The molecule has 0 aliphatic carbocycles. The average Bonchev–Trinajstić information content (AvgIpc) is 2.58. The third-order valence-electron chi connectivity index (χ3n) is 2.95. The smallest absolute Gasteiger partial charge is 0.197 e. The van der Waals surface area contributed by atoms with E-state index in [0.29, 0.717) is 11.6 Å². The van der Waals surface area contributed by atoms with E-state index in [1.165, 1.54) is 11.5 Å². The molecule has 1 aromatic rings. The number of ether oxygens (including phenoxy) is 2. The van der Waals surface area contributed by atoms with Crippen molar-refractivity contribution in [3.63, 3.8) is 0 Å².